The Labute approximate surface area is 128 Å². The molecule has 0 N–H and O–H groups in total. The maximum absolute atomic E-state index is 12.7. The molecule has 0 aromatic carbocycles. The quantitative estimate of drug-likeness (QED) is 0.870. The Morgan fingerprint density at radius 1 is 1.33 bits per heavy atom. The zero-order chi connectivity index (χ0) is 15.0. The van der Waals surface area contributed by atoms with Crippen molar-refractivity contribution in [3.05, 3.63) is 33.8 Å². The first kappa shape index (κ1) is 14.7. The molecule has 1 saturated heterocycles. The first-order chi connectivity index (χ1) is 10.00. The van der Waals surface area contributed by atoms with Gasteiger partial charge in [0.2, 0.25) is 10.0 Å². The van der Waals surface area contributed by atoms with Crippen LogP contribution < -0.4 is 0 Å². The van der Waals surface area contributed by atoms with E-state index >= 15 is 0 Å². The summed E-state index contributed by atoms with van der Waals surface area (Å²) in [5.74, 6) is 0.842. The predicted molar refractivity (Wildman–Crippen MR) is 81.0 cm³/mol. The Bertz CT molecular complexity index is 692. The molecule has 3 heterocycles. The van der Waals surface area contributed by atoms with E-state index in [9.17, 15) is 8.42 Å². The number of rotatable bonds is 3. The van der Waals surface area contributed by atoms with Crippen LogP contribution in [0.1, 0.15) is 35.1 Å². The van der Waals surface area contributed by atoms with Crippen LogP contribution in [0.3, 0.4) is 0 Å². The second kappa shape index (κ2) is 5.55. The second-order valence-electron chi connectivity index (χ2n) is 5.35. The third-order valence-corrected chi connectivity index (χ3v) is 7.14. The van der Waals surface area contributed by atoms with Crippen LogP contribution in [0, 0.1) is 13.8 Å². The summed E-state index contributed by atoms with van der Waals surface area (Å²) >= 11 is 1.75. The van der Waals surface area contributed by atoms with Crippen LogP contribution in [0.15, 0.2) is 26.9 Å². The van der Waals surface area contributed by atoms with Gasteiger partial charge in [-0.1, -0.05) is 11.2 Å². The predicted octanol–water partition coefficient (Wildman–Crippen LogP) is 2.92. The molecular weight excluding hydrogens is 308 g/mol. The Hall–Kier alpha value is -1.18. The van der Waals surface area contributed by atoms with Crippen molar-refractivity contribution >= 4 is 21.4 Å². The van der Waals surface area contributed by atoms with Gasteiger partial charge in [0, 0.05) is 18.0 Å². The van der Waals surface area contributed by atoms with E-state index < -0.39 is 10.0 Å². The van der Waals surface area contributed by atoms with E-state index in [1.807, 2.05) is 6.07 Å². The number of hydrogen-bond acceptors (Lipinski definition) is 5. The summed E-state index contributed by atoms with van der Waals surface area (Å²) in [6.45, 7) is 4.41. The van der Waals surface area contributed by atoms with Crippen molar-refractivity contribution in [3.63, 3.8) is 0 Å². The molecule has 5 nitrogen and oxygen atoms in total. The fourth-order valence-electron chi connectivity index (χ4n) is 2.88. The van der Waals surface area contributed by atoms with Crippen LogP contribution >= 0.6 is 11.3 Å². The van der Waals surface area contributed by atoms with E-state index in [1.54, 1.807) is 29.5 Å². The van der Waals surface area contributed by atoms with Gasteiger partial charge in [0.15, 0.2) is 5.76 Å². The highest BCUT2D eigenvalue weighted by Crippen LogP contribution is 2.34. The molecule has 0 bridgehead atoms. The minimum atomic E-state index is -3.49. The molecule has 0 saturated carbocycles. The zero-order valence-electron chi connectivity index (χ0n) is 12.1. The maximum Gasteiger partial charge on any atom is 0.248 e. The van der Waals surface area contributed by atoms with Gasteiger partial charge in [0.1, 0.15) is 10.6 Å². The minimum absolute atomic E-state index is 0.233. The monoisotopic (exact) mass is 326 g/mol. The Morgan fingerprint density at radius 2 is 2.05 bits per heavy atom. The summed E-state index contributed by atoms with van der Waals surface area (Å²) in [5.41, 5.74) is 0.438. The van der Waals surface area contributed by atoms with Gasteiger partial charge in [0.25, 0.3) is 0 Å². The number of nitrogens with zero attached hydrogens (tertiary/aromatic N) is 2. The average molecular weight is 326 g/mol. The molecule has 0 amide bonds. The minimum Gasteiger partial charge on any atom is -0.360 e. The third-order valence-electron chi connectivity index (χ3n) is 3.97. The van der Waals surface area contributed by atoms with Gasteiger partial charge < -0.3 is 4.52 Å². The fraction of sp³-hybridized carbons (Fsp3) is 0.500. The molecule has 0 atom stereocenters. The lowest BCUT2D eigenvalue weighted by atomic mass is 9.97. The molecule has 7 heteroatoms. The summed E-state index contributed by atoms with van der Waals surface area (Å²) in [6, 6.07) is 4.18. The van der Waals surface area contributed by atoms with E-state index in [1.165, 1.54) is 4.88 Å². The smallest absolute Gasteiger partial charge is 0.248 e. The van der Waals surface area contributed by atoms with Crippen LogP contribution in [0.5, 0.6) is 0 Å². The van der Waals surface area contributed by atoms with Gasteiger partial charge in [0.05, 0.1) is 0 Å². The van der Waals surface area contributed by atoms with Crippen LogP contribution in [0.4, 0.5) is 0 Å². The molecule has 114 valence electrons. The average Bonchev–Trinajstić information content (AvgIpc) is 3.09. The molecule has 1 fully saturated rings. The van der Waals surface area contributed by atoms with E-state index in [4.69, 9.17) is 4.52 Å². The van der Waals surface area contributed by atoms with Crippen molar-refractivity contribution in [1.82, 2.24) is 9.46 Å². The maximum atomic E-state index is 12.7. The van der Waals surface area contributed by atoms with Crippen LogP contribution in [-0.4, -0.2) is 31.0 Å². The van der Waals surface area contributed by atoms with Crippen molar-refractivity contribution in [1.29, 1.82) is 0 Å². The topological polar surface area (TPSA) is 63.4 Å². The van der Waals surface area contributed by atoms with E-state index in [0.717, 1.165) is 12.8 Å². The van der Waals surface area contributed by atoms with Gasteiger partial charge in [-0.15, -0.1) is 11.3 Å². The van der Waals surface area contributed by atoms with Crippen molar-refractivity contribution in [2.45, 2.75) is 37.5 Å². The molecule has 1 aliphatic rings. The number of sulfonamides is 1. The fourth-order valence-corrected chi connectivity index (χ4v) is 5.54. The molecule has 2 aromatic rings. The van der Waals surface area contributed by atoms with E-state index in [0.29, 0.717) is 30.5 Å². The molecule has 21 heavy (non-hydrogen) atoms. The normalized spacial score (nSPS) is 18.2. The number of hydrogen-bond donors (Lipinski definition) is 0. The van der Waals surface area contributed by atoms with Crippen LogP contribution in [-0.2, 0) is 10.0 Å². The lowest BCUT2D eigenvalue weighted by Gasteiger charge is -2.30. The number of piperidine rings is 1. The third kappa shape index (κ3) is 2.65. The molecule has 3 rings (SSSR count). The van der Waals surface area contributed by atoms with Crippen LogP contribution in [0.2, 0.25) is 0 Å². The molecule has 2 aromatic heterocycles. The van der Waals surface area contributed by atoms with Crippen LogP contribution in [0.25, 0.3) is 0 Å². The second-order valence-corrected chi connectivity index (χ2v) is 8.20. The Kier molecular flexibility index (Phi) is 3.90. The van der Waals surface area contributed by atoms with Crippen molar-refractivity contribution < 1.29 is 12.9 Å². The SMILES string of the molecule is Cc1noc(C)c1S(=O)(=O)N1CCC(c2cccs2)CC1. The zero-order valence-corrected chi connectivity index (χ0v) is 13.7. The highest BCUT2D eigenvalue weighted by Gasteiger charge is 2.34. The van der Waals surface area contributed by atoms with Gasteiger partial charge in [-0.2, -0.15) is 4.31 Å². The number of thiophene rings is 1. The van der Waals surface area contributed by atoms with Crippen molar-refractivity contribution in [2.24, 2.45) is 0 Å². The Balaban J connectivity index is 1.77. The largest absolute Gasteiger partial charge is 0.360 e. The molecule has 0 aliphatic carbocycles. The Morgan fingerprint density at radius 3 is 2.57 bits per heavy atom. The summed E-state index contributed by atoms with van der Waals surface area (Å²) in [4.78, 5) is 1.58. The summed E-state index contributed by atoms with van der Waals surface area (Å²) in [6.07, 6.45) is 1.73. The first-order valence-electron chi connectivity index (χ1n) is 6.96. The van der Waals surface area contributed by atoms with Crippen molar-refractivity contribution in [2.75, 3.05) is 13.1 Å². The van der Waals surface area contributed by atoms with Crippen molar-refractivity contribution in [3.8, 4) is 0 Å². The first-order valence-corrected chi connectivity index (χ1v) is 9.28. The lowest BCUT2D eigenvalue weighted by molar-refractivity contribution is 0.320. The van der Waals surface area contributed by atoms with Gasteiger partial charge in [-0.25, -0.2) is 8.42 Å². The standard InChI is InChI=1S/C14H18N2O3S2/c1-10-14(11(2)19-15-10)21(17,18)16-7-5-12(6-8-16)13-4-3-9-20-13/h3-4,9,12H,5-8H2,1-2H3. The number of aryl methyl sites for hydroxylation is 2. The molecule has 0 unspecified atom stereocenters. The number of aromatic nitrogens is 1. The van der Waals surface area contributed by atoms with E-state index in [2.05, 4.69) is 16.6 Å². The molecular formula is C14H18N2O3S2. The molecule has 0 radical (unpaired) electrons. The summed E-state index contributed by atoms with van der Waals surface area (Å²) in [7, 11) is -3.49. The summed E-state index contributed by atoms with van der Waals surface area (Å²) < 4.78 is 32.0. The van der Waals surface area contributed by atoms with Gasteiger partial charge >= 0.3 is 0 Å². The summed E-state index contributed by atoms with van der Waals surface area (Å²) in [5, 5.41) is 5.83. The highest BCUT2D eigenvalue weighted by molar-refractivity contribution is 7.89. The van der Waals surface area contributed by atoms with E-state index in [-0.39, 0.29) is 4.90 Å². The lowest BCUT2D eigenvalue weighted by Crippen LogP contribution is -2.38. The highest BCUT2D eigenvalue weighted by atomic mass is 32.2. The molecule has 1 aliphatic heterocycles. The van der Waals surface area contributed by atoms with Gasteiger partial charge in [-0.05, 0) is 44.1 Å². The molecule has 0 spiro atoms. The van der Waals surface area contributed by atoms with Gasteiger partial charge in [-0.3, -0.25) is 0 Å².